The molecule has 4 heteroatoms. The van der Waals surface area contributed by atoms with E-state index in [-0.39, 0.29) is 0 Å². The van der Waals surface area contributed by atoms with E-state index in [4.69, 9.17) is 0 Å². The van der Waals surface area contributed by atoms with E-state index in [2.05, 4.69) is 77.9 Å². The van der Waals surface area contributed by atoms with Crippen LogP contribution in [0.2, 0.25) is 19.6 Å². The Morgan fingerprint density at radius 2 is 1.59 bits per heavy atom. The molecule has 0 amide bonds. The summed E-state index contributed by atoms with van der Waals surface area (Å²) in [7, 11) is -1.34. The molecule has 2 aromatic heterocycles. The van der Waals surface area contributed by atoms with Gasteiger partial charge in [-0.2, -0.15) is 0 Å². The van der Waals surface area contributed by atoms with Crippen LogP contribution in [0.3, 0.4) is 0 Å². The summed E-state index contributed by atoms with van der Waals surface area (Å²) in [6.07, 6.45) is 3.47. The van der Waals surface area contributed by atoms with Crippen LogP contribution >= 0.6 is 0 Å². The molecule has 134 valence electrons. The van der Waals surface area contributed by atoms with Crippen LogP contribution in [0, 0.1) is 6.92 Å². The van der Waals surface area contributed by atoms with E-state index in [0.29, 0.717) is 0 Å². The van der Waals surface area contributed by atoms with Crippen molar-refractivity contribution in [2.45, 2.75) is 26.6 Å². The Kier molecular flexibility index (Phi) is 4.36. The second kappa shape index (κ2) is 6.71. The molecule has 0 radical (unpaired) electrons. The quantitative estimate of drug-likeness (QED) is 0.465. The van der Waals surface area contributed by atoms with Gasteiger partial charge in [0.25, 0.3) is 0 Å². The van der Waals surface area contributed by atoms with Crippen LogP contribution in [0.5, 0.6) is 0 Å². The monoisotopic (exact) mass is 369 g/mol. The highest BCUT2D eigenvalue weighted by molar-refractivity contribution is 6.89. The molecule has 0 saturated heterocycles. The van der Waals surface area contributed by atoms with Crippen LogP contribution < -0.4 is 5.19 Å². The third-order valence-electron chi connectivity index (χ3n) is 4.91. The van der Waals surface area contributed by atoms with Gasteiger partial charge in [-0.05, 0) is 37.3 Å². The van der Waals surface area contributed by atoms with Gasteiger partial charge < -0.3 is 0 Å². The van der Waals surface area contributed by atoms with E-state index in [0.717, 1.165) is 33.4 Å². The summed E-state index contributed by atoms with van der Waals surface area (Å²) in [5, 5.41) is 2.57. The van der Waals surface area contributed by atoms with Gasteiger partial charge in [-0.25, -0.2) is 9.97 Å². The lowest BCUT2D eigenvalue weighted by Gasteiger charge is -2.20. The number of hydrogen-bond donors (Lipinski definition) is 0. The molecule has 4 aromatic rings. The van der Waals surface area contributed by atoms with Crippen molar-refractivity contribution in [3.8, 4) is 22.5 Å². The van der Waals surface area contributed by atoms with Crippen LogP contribution in [0.25, 0.3) is 33.4 Å². The smallest absolute Gasteiger partial charge is 0.116 e. The summed E-state index contributed by atoms with van der Waals surface area (Å²) in [5.41, 5.74) is 6.44. The Morgan fingerprint density at radius 3 is 2.30 bits per heavy atom. The van der Waals surface area contributed by atoms with Crippen molar-refractivity contribution in [3.05, 3.63) is 72.7 Å². The zero-order valence-corrected chi connectivity index (χ0v) is 17.2. The third kappa shape index (κ3) is 3.40. The molecule has 2 aromatic carbocycles. The molecule has 0 atom stereocenters. The van der Waals surface area contributed by atoms with Gasteiger partial charge in [0.05, 0.1) is 25.0 Å². The molecular weight excluding hydrogens is 346 g/mol. The second-order valence-corrected chi connectivity index (χ2v) is 13.0. The summed E-state index contributed by atoms with van der Waals surface area (Å²) in [4.78, 5) is 13.5. The Hall–Kier alpha value is -2.85. The fraction of sp³-hybridized carbons (Fsp3) is 0.174. The predicted molar refractivity (Wildman–Crippen MR) is 116 cm³/mol. The SMILES string of the molecule is Cc1cc(-c2ncnc3cc(-c4ccccn4)ccc23)ccc1[Si](C)(C)C. The maximum atomic E-state index is 4.60. The van der Waals surface area contributed by atoms with Crippen molar-refractivity contribution in [1.29, 1.82) is 0 Å². The number of pyridine rings is 1. The molecule has 0 aliphatic carbocycles. The number of nitrogens with zero attached hydrogens (tertiary/aromatic N) is 3. The Bertz CT molecular complexity index is 1120. The van der Waals surface area contributed by atoms with E-state index in [1.165, 1.54) is 10.8 Å². The molecule has 2 heterocycles. The molecule has 3 nitrogen and oxygen atoms in total. The first-order valence-corrected chi connectivity index (χ1v) is 12.7. The highest BCUT2D eigenvalue weighted by atomic mass is 28.3. The van der Waals surface area contributed by atoms with Crippen LogP contribution in [0.4, 0.5) is 0 Å². The molecule has 0 bridgehead atoms. The van der Waals surface area contributed by atoms with Crippen molar-refractivity contribution in [1.82, 2.24) is 15.0 Å². The van der Waals surface area contributed by atoms with Gasteiger partial charge in [0.1, 0.15) is 6.33 Å². The average molecular weight is 370 g/mol. The van der Waals surface area contributed by atoms with E-state index >= 15 is 0 Å². The molecule has 4 rings (SSSR count). The van der Waals surface area contributed by atoms with Crippen LogP contribution in [0.15, 0.2) is 67.1 Å². The zero-order chi connectivity index (χ0) is 19.0. The molecule has 0 saturated carbocycles. The van der Waals surface area contributed by atoms with E-state index < -0.39 is 8.07 Å². The first kappa shape index (κ1) is 17.6. The summed E-state index contributed by atoms with van der Waals surface area (Å²) in [6, 6.07) is 19.0. The summed E-state index contributed by atoms with van der Waals surface area (Å²) in [6.45, 7) is 9.36. The maximum Gasteiger partial charge on any atom is 0.116 e. The minimum atomic E-state index is -1.34. The fourth-order valence-corrected chi connectivity index (χ4v) is 5.47. The van der Waals surface area contributed by atoms with Gasteiger partial charge in [-0.15, -0.1) is 0 Å². The number of aromatic nitrogens is 3. The fourth-order valence-electron chi connectivity index (χ4n) is 3.63. The van der Waals surface area contributed by atoms with Gasteiger partial charge in [-0.1, -0.05) is 54.7 Å². The van der Waals surface area contributed by atoms with Gasteiger partial charge in [-0.3, -0.25) is 4.98 Å². The van der Waals surface area contributed by atoms with E-state index in [1.54, 1.807) is 6.33 Å². The Balaban J connectivity index is 1.83. The van der Waals surface area contributed by atoms with E-state index in [1.807, 2.05) is 24.4 Å². The topological polar surface area (TPSA) is 38.7 Å². The van der Waals surface area contributed by atoms with Crippen molar-refractivity contribution in [2.75, 3.05) is 0 Å². The number of aryl methyl sites for hydroxylation is 1. The molecule has 27 heavy (non-hydrogen) atoms. The maximum absolute atomic E-state index is 4.60. The normalized spacial score (nSPS) is 11.7. The van der Waals surface area contributed by atoms with Gasteiger partial charge in [0.15, 0.2) is 0 Å². The van der Waals surface area contributed by atoms with Crippen molar-refractivity contribution < 1.29 is 0 Å². The molecule has 0 spiro atoms. The summed E-state index contributed by atoms with van der Waals surface area (Å²) < 4.78 is 0. The molecule has 0 fully saturated rings. The largest absolute Gasteiger partial charge is 0.256 e. The molecule has 0 unspecified atom stereocenters. The van der Waals surface area contributed by atoms with Crippen LogP contribution in [0.1, 0.15) is 5.56 Å². The zero-order valence-electron chi connectivity index (χ0n) is 16.2. The number of fused-ring (bicyclic) bond motifs is 1. The Labute approximate surface area is 161 Å². The minimum absolute atomic E-state index is 0.940. The average Bonchev–Trinajstić information content (AvgIpc) is 2.66. The Morgan fingerprint density at radius 1 is 0.778 bits per heavy atom. The van der Waals surface area contributed by atoms with Gasteiger partial charge >= 0.3 is 0 Å². The number of rotatable bonds is 3. The predicted octanol–water partition coefficient (Wildman–Crippen LogP) is 5.21. The number of hydrogen-bond acceptors (Lipinski definition) is 3. The first-order valence-electron chi connectivity index (χ1n) is 9.21. The van der Waals surface area contributed by atoms with E-state index in [9.17, 15) is 0 Å². The lowest BCUT2D eigenvalue weighted by atomic mass is 10.0. The molecular formula is C23H23N3Si. The lowest BCUT2D eigenvalue weighted by Crippen LogP contribution is -2.39. The number of benzene rings is 2. The second-order valence-electron chi connectivity index (χ2n) is 7.95. The van der Waals surface area contributed by atoms with Crippen LogP contribution in [-0.4, -0.2) is 23.0 Å². The van der Waals surface area contributed by atoms with Gasteiger partial charge in [0, 0.05) is 22.7 Å². The summed E-state index contributed by atoms with van der Waals surface area (Å²) in [5.74, 6) is 0. The van der Waals surface area contributed by atoms with Gasteiger partial charge in [0.2, 0.25) is 0 Å². The molecule has 0 aliphatic rings. The van der Waals surface area contributed by atoms with Crippen LogP contribution in [-0.2, 0) is 0 Å². The van der Waals surface area contributed by atoms with Crippen molar-refractivity contribution in [2.24, 2.45) is 0 Å². The molecule has 0 N–H and O–H groups in total. The lowest BCUT2D eigenvalue weighted by molar-refractivity contribution is 1.22. The van der Waals surface area contributed by atoms with Crippen molar-refractivity contribution >= 4 is 24.2 Å². The first-order chi connectivity index (χ1) is 12.9. The summed E-state index contributed by atoms with van der Waals surface area (Å²) >= 11 is 0. The van der Waals surface area contributed by atoms with Crippen molar-refractivity contribution in [3.63, 3.8) is 0 Å². The highest BCUT2D eigenvalue weighted by Crippen LogP contribution is 2.29. The minimum Gasteiger partial charge on any atom is -0.256 e. The molecule has 0 aliphatic heterocycles. The third-order valence-corrected chi connectivity index (χ3v) is 7.08. The standard InChI is InChI=1S/C23H23N3Si/c1-16-13-18(9-11-22(16)27(2,3)4)23-19-10-8-17(14-21(19)25-15-26-23)20-7-5-6-12-24-20/h5-15H,1-4H3. The highest BCUT2D eigenvalue weighted by Gasteiger charge is 2.19.